The Morgan fingerprint density at radius 3 is 2.81 bits per heavy atom. The maximum atomic E-state index is 12.3. The molecule has 7 nitrogen and oxygen atoms in total. The molecule has 3 rings (SSSR count). The van der Waals surface area contributed by atoms with Crippen LogP contribution in [0.2, 0.25) is 0 Å². The Balaban J connectivity index is 1.73. The van der Waals surface area contributed by atoms with Crippen molar-refractivity contribution in [1.82, 2.24) is 15.6 Å². The molecule has 2 aromatic carbocycles. The number of nitrogens with one attached hydrogen (secondary N) is 2. The molecule has 0 bridgehead atoms. The van der Waals surface area contributed by atoms with E-state index >= 15 is 0 Å². The van der Waals surface area contributed by atoms with Crippen molar-refractivity contribution in [2.75, 3.05) is 6.61 Å². The number of phenolic OH excluding ortho intramolecular Hbond substituents is 1. The molecule has 0 spiro atoms. The van der Waals surface area contributed by atoms with Gasteiger partial charge in [-0.2, -0.15) is 10.2 Å². The van der Waals surface area contributed by atoms with Gasteiger partial charge in [-0.1, -0.05) is 24.3 Å². The van der Waals surface area contributed by atoms with Gasteiger partial charge in [-0.05, 0) is 44.2 Å². The lowest BCUT2D eigenvalue weighted by molar-refractivity contribution is 0.0950. The SMILES string of the molecule is CCOc1cccc(-c2cc(C(=O)N/N=C(\C)c3ccccc3O)[nH]n2)c1. The van der Waals surface area contributed by atoms with Gasteiger partial charge in [-0.25, -0.2) is 5.43 Å². The molecule has 3 aromatic rings. The zero-order valence-corrected chi connectivity index (χ0v) is 15.1. The average molecular weight is 364 g/mol. The van der Waals surface area contributed by atoms with Gasteiger partial charge in [0.15, 0.2) is 0 Å². The summed E-state index contributed by atoms with van der Waals surface area (Å²) in [6.07, 6.45) is 0. The Kier molecular flexibility index (Phi) is 5.51. The lowest BCUT2D eigenvalue weighted by Crippen LogP contribution is -2.19. The number of hydrazone groups is 1. The maximum absolute atomic E-state index is 12.3. The Bertz CT molecular complexity index is 979. The number of aromatic amines is 1. The topological polar surface area (TPSA) is 99.6 Å². The number of hydrogen-bond acceptors (Lipinski definition) is 5. The van der Waals surface area contributed by atoms with Gasteiger partial charge in [0, 0.05) is 11.1 Å². The summed E-state index contributed by atoms with van der Waals surface area (Å²) in [4.78, 5) is 12.3. The molecule has 0 aliphatic rings. The molecule has 7 heteroatoms. The molecule has 0 saturated heterocycles. The van der Waals surface area contributed by atoms with E-state index in [0.29, 0.717) is 23.6 Å². The normalized spacial score (nSPS) is 11.3. The van der Waals surface area contributed by atoms with Gasteiger partial charge >= 0.3 is 0 Å². The van der Waals surface area contributed by atoms with E-state index in [0.717, 1.165) is 11.3 Å². The predicted molar refractivity (Wildman–Crippen MR) is 103 cm³/mol. The van der Waals surface area contributed by atoms with Gasteiger partial charge in [-0.3, -0.25) is 9.89 Å². The summed E-state index contributed by atoms with van der Waals surface area (Å²) >= 11 is 0. The molecule has 1 aromatic heterocycles. The van der Waals surface area contributed by atoms with Crippen molar-refractivity contribution in [3.63, 3.8) is 0 Å². The molecule has 0 fully saturated rings. The largest absolute Gasteiger partial charge is 0.507 e. The molecule has 0 atom stereocenters. The molecular formula is C20H20N4O3. The number of carbonyl (C=O) groups excluding carboxylic acids is 1. The molecule has 0 aliphatic carbocycles. The molecule has 1 heterocycles. The van der Waals surface area contributed by atoms with Gasteiger partial charge in [-0.15, -0.1) is 0 Å². The van der Waals surface area contributed by atoms with E-state index in [2.05, 4.69) is 20.7 Å². The van der Waals surface area contributed by atoms with Gasteiger partial charge in [0.1, 0.15) is 17.2 Å². The Labute approximate surface area is 156 Å². The molecule has 0 aliphatic heterocycles. The molecule has 0 radical (unpaired) electrons. The van der Waals surface area contributed by atoms with Crippen LogP contribution < -0.4 is 10.2 Å². The smallest absolute Gasteiger partial charge is 0.289 e. The number of para-hydroxylation sites is 1. The second-order valence-corrected chi connectivity index (χ2v) is 5.78. The minimum atomic E-state index is -0.426. The number of ether oxygens (including phenoxy) is 1. The number of H-pyrrole nitrogens is 1. The van der Waals surface area contributed by atoms with E-state index in [1.807, 2.05) is 31.2 Å². The van der Waals surface area contributed by atoms with Gasteiger partial charge in [0.2, 0.25) is 0 Å². The van der Waals surface area contributed by atoms with Crippen molar-refractivity contribution in [2.24, 2.45) is 5.10 Å². The number of phenols is 1. The highest BCUT2D eigenvalue weighted by Gasteiger charge is 2.12. The standard InChI is InChI=1S/C20H20N4O3/c1-3-27-15-8-6-7-14(11-15)17-12-18(23-22-17)20(26)24-21-13(2)16-9-4-5-10-19(16)25/h4-12,25H,3H2,1-2H3,(H,22,23)(H,24,26)/b21-13+. The third-order valence-electron chi connectivity index (χ3n) is 3.88. The average Bonchev–Trinajstić information content (AvgIpc) is 3.17. The second kappa shape index (κ2) is 8.18. The first-order chi connectivity index (χ1) is 13.1. The number of carbonyl (C=O) groups is 1. The van der Waals surface area contributed by atoms with Crippen LogP contribution in [0.5, 0.6) is 11.5 Å². The summed E-state index contributed by atoms with van der Waals surface area (Å²) in [6, 6.07) is 15.9. The summed E-state index contributed by atoms with van der Waals surface area (Å²) in [5.74, 6) is 0.419. The van der Waals surface area contributed by atoms with Crippen LogP contribution >= 0.6 is 0 Å². The predicted octanol–water partition coefficient (Wildman–Crippen LogP) is 3.34. The minimum Gasteiger partial charge on any atom is -0.507 e. The quantitative estimate of drug-likeness (QED) is 0.461. The summed E-state index contributed by atoms with van der Waals surface area (Å²) < 4.78 is 5.48. The Hall–Kier alpha value is -3.61. The second-order valence-electron chi connectivity index (χ2n) is 5.78. The maximum Gasteiger partial charge on any atom is 0.289 e. The van der Waals surface area contributed by atoms with Crippen LogP contribution in [0.1, 0.15) is 29.9 Å². The van der Waals surface area contributed by atoms with Crippen molar-refractivity contribution < 1.29 is 14.6 Å². The van der Waals surface area contributed by atoms with Crippen LogP contribution in [0, 0.1) is 0 Å². The fraction of sp³-hybridized carbons (Fsp3) is 0.150. The van der Waals surface area contributed by atoms with Crippen molar-refractivity contribution in [2.45, 2.75) is 13.8 Å². The first-order valence-electron chi connectivity index (χ1n) is 8.50. The molecule has 27 heavy (non-hydrogen) atoms. The van der Waals surface area contributed by atoms with Crippen molar-refractivity contribution in [3.8, 4) is 22.8 Å². The van der Waals surface area contributed by atoms with Crippen LogP contribution in [0.25, 0.3) is 11.3 Å². The van der Waals surface area contributed by atoms with Gasteiger partial charge in [0.05, 0.1) is 18.0 Å². The van der Waals surface area contributed by atoms with E-state index in [1.54, 1.807) is 37.3 Å². The first-order valence-corrected chi connectivity index (χ1v) is 8.50. The zero-order valence-electron chi connectivity index (χ0n) is 15.1. The zero-order chi connectivity index (χ0) is 19.2. The van der Waals surface area contributed by atoms with Gasteiger partial charge in [0.25, 0.3) is 5.91 Å². The molecule has 138 valence electrons. The fourth-order valence-electron chi connectivity index (χ4n) is 2.53. The molecular weight excluding hydrogens is 344 g/mol. The van der Waals surface area contributed by atoms with E-state index in [1.165, 1.54) is 0 Å². The van der Waals surface area contributed by atoms with E-state index < -0.39 is 5.91 Å². The third-order valence-corrected chi connectivity index (χ3v) is 3.88. The van der Waals surface area contributed by atoms with Crippen molar-refractivity contribution >= 4 is 11.6 Å². The monoisotopic (exact) mass is 364 g/mol. The summed E-state index contributed by atoms with van der Waals surface area (Å²) in [5, 5.41) is 20.8. The summed E-state index contributed by atoms with van der Waals surface area (Å²) in [7, 11) is 0. The number of amides is 1. The lowest BCUT2D eigenvalue weighted by atomic mass is 10.1. The van der Waals surface area contributed by atoms with Crippen molar-refractivity contribution in [1.29, 1.82) is 0 Å². The lowest BCUT2D eigenvalue weighted by Gasteiger charge is -2.04. The summed E-state index contributed by atoms with van der Waals surface area (Å²) in [5.41, 5.74) is 5.25. The molecule has 3 N–H and O–H groups in total. The summed E-state index contributed by atoms with van der Waals surface area (Å²) in [6.45, 7) is 4.19. The number of aromatic nitrogens is 2. The first kappa shape index (κ1) is 18.2. The van der Waals surface area contributed by atoms with Crippen LogP contribution in [-0.2, 0) is 0 Å². The van der Waals surface area contributed by atoms with Crippen LogP contribution in [0.3, 0.4) is 0 Å². The fourth-order valence-corrected chi connectivity index (χ4v) is 2.53. The Morgan fingerprint density at radius 2 is 2.04 bits per heavy atom. The van der Waals surface area contributed by atoms with Crippen LogP contribution in [0.15, 0.2) is 59.7 Å². The number of nitrogens with zero attached hydrogens (tertiary/aromatic N) is 2. The van der Waals surface area contributed by atoms with E-state index in [9.17, 15) is 9.90 Å². The van der Waals surface area contributed by atoms with Crippen LogP contribution in [-0.4, -0.2) is 33.5 Å². The van der Waals surface area contributed by atoms with E-state index in [4.69, 9.17) is 4.74 Å². The number of rotatable bonds is 6. The molecule has 0 unspecified atom stereocenters. The Morgan fingerprint density at radius 1 is 1.22 bits per heavy atom. The van der Waals surface area contributed by atoms with Gasteiger partial charge < -0.3 is 9.84 Å². The number of hydrogen-bond donors (Lipinski definition) is 3. The van der Waals surface area contributed by atoms with Crippen LogP contribution in [0.4, 0.5) is 0 Å². The highest BCUT2D eigenvalue weighted by atomic mass is 16.5. The highest BCUT2D eigenvalue weighted by Crippen LogP contribution is 2.23. The molecule has 1 amide bonds. The number of aromatic hydroxyl groups is 1. The van der Waals surface area contributed by atoms with Crippen molar-refractivity contribution in [3.05, 3.63) is 65.9 Å². The minimum absolute atomic E-state index is 0.103. The van der Waals surface area contributed by atoms with E-state index in [-0.39, 0.29) is 11.4 Å². The third kappa shape index (κ3) is 4.33. The molecule has 0 saturated carbocycles. The highest BCUT2D eigenvalue weighted by molar-refractivity contribution is 6.02. The number of benzene rings is 2.